The lowest BCUT2D eigenvalue weighted by molar-refractivity contribution is -0.0161. The van der Waals surface area contributed by atoms with Crippen molar-refractivity contribution >= 4 is 16.5 Å². The average Bonchev–Trinajstić information content (AvgIpc) is 2.35. The van der Waals surface area contributed by atoms with Crippen LogP contribution in [0.5, 0.6) is 5.75 Å². The molecule has 0 saturated carbocycles. The smallest absolute Gasteiger partial charge is 0.127 e. The van der Waals surface area contributed by atoms with Gasteiger partial charge in [0.25, 0.3) is 0 Å². The fraction of sp³-hybridized carbons (Fsp3) is 0.438. The second kappa shape index (κ2) is 5.67. The second-order valence-corrected chi connectivity index (χ2v) is 5.83. The SMILES string of the molecule is Cc1cc2c(OCCOC(C)(C)C)ccc(N)c2cn1. The number of aryl methyl sites for hydroxylation is 1. The fourth-order valence-electron chi connectivity index (χ4n) is 1.96. The molecule has 1 heterocycles. The number of fused-ring (bicyclic) bond motifs is 1. The number of hydrogen-bond donors (Lipinski definition) is 1. The van der Waals surface area contributed by atoms with Gasteiger partial charge < -0.3 is 15.2 Å². The molecule has 2 N–H and O–H groups in total. The number of anilines is 1. The van der Waals surface area contributed by atoms with Crippen molar-refractivity contribution in [2.24, 2.45) is 0 Å². The summed E-state index contributed by atoms with van der Waals surface area (Å²) in [4.78, 5) is 4.28. The number of nitrogen functional groups attached to an aromatic ring is 1. The van der Waals surface area contributed by atoms with Crippen molar-refractivity contribution in [2.75, 3.05) is 18.9 Å². The molecule has 0 aliphatic carbocycles. The number of rotatable bonds is 4. The van der Waals surface area contributed by atoms with Crippen molar-refractivity contribution in [2.45, 2.75) is 33.3 Å². The van der Waals surface area contributed by atoms with Crippen molar-refractivity contribution in [3.05, 3.63) is 30.1 Å². The molecule has 0 aliphatic heterocycles. The zero-order valence-electron chi connectivity index (χ0n) is 12.6. The minimum Gasteiger partial charge on any atom is -0.491 e. The van der Waals surface area contributed by atoms with E-state index in [4.69, 9.17) is 15.2 Å². The van der Waals surface area contributed by atoms with Gasteiger partial charge >= 0.3 is 0 Å². The van der Waals surface area contributed by atoms with E-state index in [1.807, 2.05) is 45.9 Å². The molecule has 4 heteroatoms. The Bertz CT molecular complexity index is 603. The summed E-state index contributed by atoms with van der Waals surface area (Å²) in [5.41, 5.74) is 7.48. The molecular formula is C16H22N2O2. The summed E-state index contributed by atoms with van der Waals surface area (Å²) in [6.45, 7) is 9.11. The van der Waals surface area contributed by atoms with Gasteiger partial charge in [-0.1, -0.05) is 0 Å². The largest absolute Gasteiger partial charge is 0.491 e. The van der Waals surface area contributed by atoms with Gasteiger partial charge in [-0.25, -0.2) is 0 Å². The fourth-order valence-corrected chi connectivity index (χ4v) is 1.96. The van der Waals surface area contributed by atoms with E-state index in [2.05, 4.69) is 4.98 Å². The average molecular weight is 274 g/mol. The normalized spacial score (nSPS) is 11.8. The van der Waals surface area contributed by atoms with Gasteiger partial charge in [-0.2, -0.15) is 0 Å². The maximum Gasteiger partial charge on any atom is 0.127 e. The first-order chi connectivity index (χ1) is 9.37. The number of benzene rings is 1. The van der Waals surface area contributed by atoms with Crippen molar-refractivity contribution in [1.82, 2.24) is 4.98 Å². The molecule has 1 aromatic carbocycles. The summed E-state index contributed by atoms with van der Waals surface area (Å²) in [5, 5.41) is 1.91. The van der Waals surface area contributed by atoms with E-state index in [0.29, 0.717) is 18.9 Å². The highest BCUT2D eigenvalue weighted by molar-refractivity contribution is 5.96. The van der Waals surface area contributed by atoms with E-state index < -0.39 is 0 Å². The van der Waals surface area contributed by atoms with Crippen LogP contribution in [0.25, 0.3) is 10.8 Å². The van der Waals surface area contributed by atoms with Crippen LogP contribution in [0.4, 0.5) is 5.69 Å². The Morgan fingerprint density at radius 2 is 1.90 bits per heavy atom. The zero-order valence-corrected chi connectivity index (χ0v) is 12.6. The van der Waals surface area contributed by atoms with Crippen LogP contribution >= 0.6 is 0 Å². The van der Waals surface area contributed by atoms with E-state index in [9.17, 15) is 0 Å². The predicted molar refractivity (Wildman–Crippen MR) is 82.1 cm³/mol. The van der Waals surface area contributed by atoms with E-state index in [-0.39, 0.29) is 5.60 Å². The molecule has 0 aliphatic rings. The second-order valence-electron chi connectivity index (χ2n) is 5.83. The number of nitrogens with two attached hydrogens (primary N) is 1. The lowest BCUT2D eigenvalue weighted by Crippen LogP contribution is -2.22. The highest BCUT2D eigenvalue weighted by Gasteiger charge is 2.10. The Morgan fingerprint density at radius 1 is 1.15 bits per heavy atom. The van der Waals surface area contributed by atoms with Gasteiger partial charge in [-0.3, -0.25) is 4.98 Å². The molecule has 4 nitrogen and oxygen atoms in total. The van der Waals surface area contributed by atoms with Crippen LogP contribution in [0, 0.1) is 6.92 Å². The van der Waals surface area contributed by atoms with Gasteiger partial charge in [-0.15, -0.1) is 0 Å². The maximum absolute atomic E-state index is 5.97. The highest BCUT2D eigenvalue weighted by atomic mass is 16.5. The zero-order chi connectivity index (χ0) is 14.8. The quantitative estimate of drug-likeness (QED) is 0.686. The van der Waals surface area contributed by atoms with Gasteiger partial charge in [0.2, 0.25) is 0 Å². The molecule has 1 aromatic heterocycles. The number of hydrogen-bond acceptors (Lipinski definition) is 4. The third-order valence-electron chi connectivity index (χ3n) is 2.91. The summed E-state index contributed by atoms with van der Waals surface area (Å²) in [7, 11) is 0. The van der Waals surface area contributed by atoms with Crippen molar-refractivity contribution < 1.29 is 9.47 Å². The lowest BCUT2D eigenvalue weighted by atomic mass is 10.1. The molecule has 0 unspecified atom stereocenters. The first-order valence-electron chi connectivity index (χ1n) is 6.78. The standard InChI is InChI=1S/C16H22N2O2/c1-11-9-12-13(10-18-11)14(17)5-6-15(12)19-7-8-20-16(2,3)4/h5-6,9-10H,7-8,17H2,1-4H3. The van der Waals surface area contributed by atoms with Crippen LogP contribution in [0.3, 0.4) is 0 Å². The highest BCUT2D eigenvalue weighted by Crippen LogP contribution is 2.30. The van der Waals surface area contributed by atoms with Crippen LogP contribution < -0.4 is 10.5 Å². The number of pyridine rings is 1. The summed E-state index contributed by atoms with van der Waals surface area (Å²) in [6.07, 6.45) is 1.79. The van der Waals surface area contributed by atoms with Gasteiger partial charge in [-0.05, 0) is 45.9 Å². The lowest BCUT2D eigenvalue weighted by Gasteiger charge is -2.19. The first kappa shape index (κ1) is 14.6. The van der Waals surface area contributed by atoms with E-state index in [0.717, 1.165) is 22.2 Å². The monoisotopic (exact) mass is 274 g/mol. The van der Waals surface area contributed by atoms with Gasteiger partial charge in [0.15, 0.2) is 0 Å². The first-order valence-corrected chi connectivity index (χ1v) is 6.78. The van der Waals surface area contributed by atoms with Crippen LogP contribution in [-0.2, 0) is 4.74 Å². The third-order valence-corrected chi connectivity index (χ3v) is 2.91. The minimum atomic E-state index is -0.146. The molecule has 0 saturated heterocycles. The molecule has 0 spiro atoms. The predicted octanol–water partition coefficient (Wildman–Crippen LogP) is 3.32. The van der Waals surface area contributed by atoms with Gasteiger partial charge in [0.05, 0.1) is 12.2 Å². The van der Waals surface area contributed by atoms with Crippen molar-refractivity contribution in [3.63, 3.8) is 0 Å². The Kier molecular flexibility index (Phi) is 4.14. The van der Waals surface area contributed by atoms with E-state index in [1.165, 1.54) is 0 Å². The molecule has 0 atom stereocenters. The minimum absolute atomic E-state index is 0.146. The van der Waals surface area contributed by atoms with E-state index >= 15 is 0 Å². The topological polar surface area (TPSA) is 57.4 Å². The van der Waals surface area contributed by atoms with Crippen LogP contribution in [0.15, 0.2) is 24.4 Å². The summed E-state index contributed by atoms with van der Waals surface area (Å²) < 4.78 is 11.5. The molecular weight excluding hydrogens is 252 g/mol. The summed E-state index contributed by atoms with van der Waals surface area (Å²) in [6, 6.07) is 5.74. The summed E-state index contributed by atoms with van der Waals surface area (Å²) >= 11 is 0. The third kappa shape index (κ3) is 3.61. The van der Waals surface area contributed by atoms with E-state index in [1.54, 1.807) is 6.20 Å². The molecule has 2 aromatic rings. The Hall–Kier alpha value is -1.81. The van der Waals surface area contributed by atoms with Crippen molar-refractivity contribution in [1.29, 1.82) is 0 Å². The van der Waals surface area contributed by atoms with Crippen LogP contribution in [0.1, 0.15) is 26.5 Å². The van der Waals surface area contributed by atoms with Crippen LogP contribution in [0.2, 0.25) is 0 Å². The number of ether oxygens (including phenoxy) is 2. The molecule has 108 valence electrons. The van der Waals surface area contributed by atoms with Gasteiger partial charge in [0, 0.05) is 28.4 Å². The Morgan fingerprint density at radius 3 is 2.60 bits per heavy atom. The molecule has 0 radical (unpaired) electrons. The molecule has 2 rings (SSSR count). The molecule has 0 fully saturated rings. The number of aromatic nitrogens is 1. The number of nitrogens with zero attached hydrogens (tertiary/aromatic N) is 1. The Balaban J connectivity index is 2.14. The van der Waals surface area contributed by atoms with Gasteiger partial charge in [0.1, 0.15) is 12.4 Å². The van der Waals surface area contributed by atoms with Crippen LogP contribution in [-0.4, -0.2) is 23.8 Å². The molecule has 0 bridgehead atoms. The summed E-state index contributed by atoms with van der Waals surface area (Å²) in [5.74, 6) is 0.817. The maximum atomic E-state index is 5.97. The Labute approximate surface area is 119 Å². The molecule has 20 heavy (non-hydrogen) atoms. The molecule has 0 amide bonds. The van der Waals surface area contributed by atoms with Crippen molar-refractivity contribution in [3.8, 4) is 5.75 Å².